The van der Waals surface area contributed by atoms with Gasteiger partial charge >= 0.3 is 0 Å². The fraction of sp³-hybridized carbons (Fsp3) is 0.467. The molecule has 1 aromatic carbocycles. The van der Waals surface area contributed by atoms with Crippen LogP contribution in [0, 0.1) is 30.6 Å². The first-order valence-electron chi connectivity index (χ1n) is 6.73. The van der Waals surface area contributed by atoms with Crippen molar-refractivity contribution in [1.29, 1.82) is 0 Å². The Morgan fingerprint density at radius 2 is 2.15 bits per heavy atom. The van der Waals surface area contributed by atoms with Crippen molar-refractivity contribution in [2.75, 3.05) is 13.1 Å². The van der Waals surface area contributed by atoms with E-state index in [1.807, 2.05) is 6.92 Å². The summed E-state index contributed by atoms with van der Waals surface area (Å²) in [6.45, 7) is 4.80. The van der Waals surface area contributed by atoms with Crippen molar-refractivity contribution in [3.63, 3.8) is 0 Å². The third-order valence-corrected chi connectivity index (χ3v) is 5.07. The van der Waals surface area contributed by atoms with Crippen molar-refractivity contribution in [2.24, 2.45) is 17.6 Å². The summed E-state index contributed by atoms with van der Waals surface area (Å²) in [4.78, 5) is 0.293. The molecule has 0 saturated heterocycles. The van der Waals surface area contributed by atoms with E-state index >= 15 is 0 Å². The Hall–Kier alpha value is -1.35. The number of sulfonamides is 1. The molecule has 0 heterocycles. The second-order valence-corrected chi connectivity index (χ2v) is 7.07. The van der Waals surface area contributed by atoms with Gasteiger partial charge in [0.05, 0.1) is 11.4 Å². The highest BCUT2D eigenvalue weighted by Gasteiger charge is 2.33. The maximum absolute atomic E-state index is 12.2. The SMILES string of the molecule is Cc1cc(S(=O)(=O)NCC2CC2C)ccc1C#CCN. The lowest BCUT2D eigenvalue weighted by Crippen LogP contribution is -2.26. The normalized spacial score (nSPS) is 21.1. The van der Waals surface area contributed by atoms with Crippen LogP contribution < -0.4 is 10.5 Å². The topological polar surface area (TPSA) is 72.2 Å². The van der Waals surface area contributed by atoms with Gasteiger partial charge in [-0.05, 0) is 48.9 Å². The first-order valence-corrected chi connectivity index (χ1v) is 8.21. The average Bonchev–Trinajstić information content (AvgIpc) is 3.11. The van der Waals surface area contributed by atoms with Crippen LogP contribution in [0.25, 0.3) is 0 Å². The standard InChI is InChI=1S/C15H20N2O2S/c1-11-8-14(11)10-17-20(18,19)15-6-5-13(4-3-7-16)12(2)9-15/h5-6,9,11,14,17H,7-8,10,16H2,1-2H3. The molecule has 2 atom stereocenters. The number of hydrogen-bond donors (Lipinski definition) is 2. The van der Waals surface area contributed by atoms with Gasteiger partial charge in [-0.25, -0.2) is 13.1 Å². The zero-order valence-electron chi connectivity index (χ0n) is 11.8. The van der Waals surface area contributed by atoms with Gasteiger partial charge in [-0.2, -0.15) is 0 Å². The minimum atomic E-state index is -3.42. The average molecular weight is 292 g/mol. The number of nitrogens with two attached hydrogens (primary N) is 1. The van der Waals surface area contributed by atoms with E-state index in [4.69, 9.17) is 5.73 Å². The molecular formula is C15H20N2O2S. The van der Waals surface area contributed by atoms with Gasteiger partial charge in [0, 0.05) is 12.1 Å². The molecule has 1 aliphatic carbocycles. The Kier molecular flexibility index (Phi) is 4.48. The van der Waals surface area contributed by atoms with Gasteiger partial charge < -0.3 is 5.73 Å². The number of hydrogen-bond acceptors (Lipinski definition) is 3. The van der Waals surface area contributed by atoms with Crippen molar-refractivity contribution < 1.29 is 8.42 Å². The summed E-state index contributed by atoms with van der Waals surface area (Å²) >= 11 is 0. The first kappa shape index (κ1) is 15.0. The lowest BCUT2D eigenvalue weighted by molar-refractivity contribution is 0.574. The molecule has 2 unspecified atom stereocenters. The lowest BCUT2D eigenvalue weighted by Gasteiger charge is -2.08. The van der Waals surface area contributed by atoms with Gasteiger partial charge in [-0.15, -0.1) is 0 Å². The maximum atomic E-state index is 12.2. The molecule has 3 N–H and O–H groups in total. The third kappa shape index (κ3) is 3.60. The quantitative estimate of drug-likeness (QED) is 0.820. The van der Waals surface area contributed by atoms with Crippen LogP contribution in [0.4, 0.5) is 0 Å². The zero-order chi connectivity index (χ0) is 14.8. The Morgan fingerprint density at radius 3 is 2.70 bits per heavy atom. The van der Waals surface area contributed by atoms with E-state index in [0.717, 1.165) is 17.5 Å². The van der Waals surface area contributed by atoms with Gasteiger partial charge in [0.2, 0.25) is 10.0 Å². The molecule has 20 heavy (non-hydrogen) atoms. The van der Waals surface area contributed by atoms with Crippen LogP contribution in [0.1, 0.15) is 24.5 Å². The second kappa shape index (κ2) is 5.96. The van der Waals surface area contributed by atoms with Gasteiger partial charge in [0.25, 0.3) is 0 Å². The van der Waals surface area contributed by atoms with Gasteiger partial charge in [-0.3, -0.25) is 0 Å². The summed E-state index contributed by atoms with van der Waals surface area (Å²) in [5, 5.41) is 0. The molecule has 1 saturated carbocycles. The molecule has 1 fully saturated rings. The molecule has 108 valence electrons. The molecule has 0 spiro atoms. The number of benzene rings is 1. The largest absolute Gasteiger partial charge is 0.320 e. The molecule has 1 aromatic rings. The molecule has 0 bridgehead atoms. The molecular weight excluding hydrogens is 272 g/mol. The fourth-order valence-corrected chi connectivity index (χ4v) is 3.25. The molecule has 1 aliphatic rings. The molecule has 0 radical (unpaired) electrons. The van der Waals surface area contributed by atoms with Gasteiger partial charge in [0.15, 0.2) is 0 Å². The maximum Gasteiger partial charge on any atom is 0.240 e. The Bertz CT molecular complexity index is 656. The minimum absolute atomic E-state index is 0.292. The van der Waals surface area contributed by atoms with Crippen molar-refractivity contribution in [3.8, 4) is 11.8 Å². The smallest absolute Gasteiger partial charge is 0.240 e. The summed E-state index contributed by atoms with van der Waals surface area (Å²) in [5.41, 5.74) is 6.98. The van der Waals surface area contributed by atoms with Crippen LogP contribution in [0.3, 0.4) is 0 Å². The molecule has 2 rings (SSSR count). The van der Waals surface area contributed by atoms with Crippen molar-refractivity contribution in [2.45, 2.75) is 25.2 Å². The highest BCUT2D eigenvalue weighted by Crippen LogP contribution is 2.37. The van der Waals surface area contributed by atoms with Crippen LogP contribution in [-0.4, -0.2) is 21.5 Å². The van der Waals surface area contributed by atoms with E-state index in [1.165, 1.54) is 0 Å². The summed E-state index contributed by atoms with van der Waals surface area (Å²) in [6, 6.07) is 4.97. The monoisotopic (exact) mass is 292 g/mol. The van der Waals surface area contributed by atoms with Crippen LogP contribution in [0.5, 0.6) is 0 Å². The zero-order valence-corrected chi connectivity index (χ0v) is 12.6. The molecule has 0 aromatic heterocycles. The van der Waals surface area contributed by atoms with Crippen LogP contribution in [0.2, 0.25) is 0 Å². The van der Waals surface area contributed by atoms with Crippen LogP contribution in [-0.2, 0) is 10.0 Å². The number of rotatable bonds is 4. The van der Waals surface area contributed by atoms with Gasteiger partial charge in [0.1, 0.15) is 0 Å². The Morgan fingerprint density at radius 1 is 1.45 bits per heavy atom. The summed E-state index contributed by atoms with van der Waals surface area (Å²) < 4.78 is 27.0. The van der Waals surface area contributed by atoms with E-state index in [9.17, 15) is 8.42 Å². The summed E-state index contributed by atoms with van der Waals surface area (Å²) in [7, 11) is -3.42. The van der Waals surface area contributed by atoms with E-state index in [-0.39, 0.29) is 0 Å². The van der Waals surface area contributed by atoms with Gasteiger partial charge in [-0.1, -0.05) is 18.8 Å². The van der Waals surface area contributed by atoms with Crippen molar-refractivity contribution in [3.05, 3.63) is 29.3 Å². The Balaban J connectivity index is 2.13. The van der Waals surface area contributed by atoms with Crippen molar-refractivity contribution in [1.82, 2.24) is 4.72 Å². The van der Waals surface area contributed by atoms with Crippen LogP contribution in [0.15, 0.2) is 23.1 Å². The Labute approximate surface area is 120 Å². The molecule has 0 amide bonds. The highest BCUT2D eigenvalue weighted by atomic mass is 32.2. The predicted molar refractivity (Wildman–Crippen MR) is 79.6 cm³/mol. The van der Waals surface area contributed by atoms with Crippen LogP contribution >= 0.6 is 0 Å². The lowest BCUT2D eigenvalue weighted by atomic mass is 10.1. The third-order valence-electron chi connectivity index (χ3n) is 3.64. The van der Waals surface area contributed by atoms with E-state index < -0.39 is 10.0 Å². The van der Waals surface area contributed by atoms with Crippen molar-refractivity contribution >= 4 is 10.0 Å². The van der Waals surface area contributed by atoms with E-state index in [1.54, 1.807) is 18.2 Å². The second-order valence-electron chi connectivity index (χ2n) is 5.31. The number of aryl methyl sites for hydroxylation is 1. The summed E-state index contributed by atoms with van der Waals surface area (Å²) in [6.07, 6.45) is 1.11. The molecule has 0 aliphatic heterocycles. The van der Waals surface area contributed by atoms with E-state index in [0.29, 0.717) is 29.8 Å². The number of nitrogens with one attached hydrogen (secondary N) is 1. The minimum Gasteiger partial charge on any atom is -0.320 e. The highest BCUT2D eigenvalue weighted by molar-refractivity contribution is 7.89. The molecule has 5 heteroatoms. The fourth-order valence-electron chi connectivity index (χ4n) is 2.07. The first-order chi connectivity index (χ1) is 9.44. The summed E-state index contributed by atoms with van der Waals surface area (Å²) in [5.74, 6) is 6.82. The van der Waals surface area contributed by atoms with E-state index in [2.05, 4.69) is 23.5 Å². The predicted octanol–water partition coefficient (Wildman–Crippen LogP) is 1.24. The molecule has 4 nitrogen and oxygen atoms in total.